The number of thioether (sulfide) groups is 1. The Bertz CT molecular complexity index is 373. The molecule has 5 heteroatoms. The van der Waals surface area contributed by atoms with Crippen molar-refractivity contribution in [3.05, 3.63) is 34.3 Å². The number of aliphatic carboxylic acids is 1. The SMILES string of the molecule is CSCC[C@@H](NCc1ccccc1Br)C(=O)O. The molecule has 0 bridgehead atoms. The van der Waals surface area contributed by atoms with E-state index in [9.17, 15) is 4.79 Å². The Morgan fingerprint density at radius 1 is 1.53 bits per heavy atom. The quantitative estimate of drug-likeness (QED) is 0.812. The number of carbonyl (C=O) groups is 1. The van der Waals surface area contributed by atoms with Crippen LogP contribution in [0.2, 0.25) is 0 Å². The summed E-state index contributed by atoms with van der Waals surface area (Å²) in [6.07, 6.45) is 2.62. The Balaban J connectivity index is 2.52. The van der Waals surface area contributed by atoms with Crippen LogP contribution in [0.15, 0.2) is 28.7 Å². The van der Waals surface area contributed by atoms with Crippen molar-refractivity contribution < 1.29 is 9.90 Å². The lowest BCUT2D eigenvalue weighted by Crippen LogP contribution is -2.36. The van der Waals surface area contributed by atoms with Crippen LogP contribution in [0.5, 0.6) is 0 Å². The molecule has 0 saturated heterocycles. The van der Waals surface area contributed by atoms with Gasteiger partial charge in [0.05, 0.1) is 0 Å². The summed E-state index contributed by atoms with van der Waals surface area (Å²) in [4.78, 5) is 11.0. The molecule has 0 heterocycles. The highest BCUT2D eigenvalue weighted by atomic mass is 79.9. The van der Waals surface area contributed by atoms with Crippen molar-refractivity contribution in [1.29, 1.82) is 0 Å². The topological polar surface area (TPSA) is 49.3 Å². The summed E-state index contributed by atoms with van der Waals surface area (Å²) in [6, 6.07) is 7.34. The molecule has 94 valence electrons. The largest absolute Gasteiger partial charge is 0.480 e. The number of hydrogen-bond acceptors (Lipinski definition) is 3. The zero-order valence-corrected chi connectivity index (χ0v) is 12.1. The molecule has 0 fully saturated rings. The van der Waals surface area contributed by atoms with Crippen LogP contribution < -0.4 is 5.32 Å². The van der Waals surface area contributed by atoms with Crippen molar-refractivity contribution in [1.82, 2.24) is 5.32 Å². The van der Waals surface area contributed by atoms with E-state index in [1.165, 1.54) is 0 Å². The summed E-state index contributed by atoms with van der Waals surface area (Å²) in [5.41, 5.74) is 1.07. The van der Waals surface area contributed by atoms with Crippen molar-refractivity contribution in [2.24, 2.45) is 0 Å². The van der Waals surface area contributed by atoms with Crippen molar-refractivity contribution in [2.45, 2.75) is 19.0 Å². The minimum atomic E-state index is -0.786. The summed E-state index contributed by atoms with van der Waals surface area (Å²) in [5, 5.41) is 12.1. The first-order chi connectivity index (χ1) is 8.15. The van der Waals surface area contributed by atoms with Crippen LogP contribution in [-0.4, -0.2) is 29.1 Å². The van der Waals surface area contributed by atoms with E-state index in [-0.39, 0.29) is 0 Å². The molecule has 0 radical (unpaired) electrons. The third-order valence-electron chi connectivity index (χ3n) is 2.41. The van der Waals surface area contributed by atoms with Gasteiger partial charge in [-0.05, 0) is 30.1 Å². The minimum Gasteiger partial charge on any atom is -0.480 e. The molecule has 0 amide bonds. The van der Waals surface area contributed by atoms with Gasteiger partial charge in [0, 0.05) is 11.0 Å². The predicted octanol–water partition coefficient (Wildman–Crippen LogP) is 2.75. The van der Waals surface area contributed by atoms with E-state index in [0.717, 1.165) is 15.8 Å². The summed E-state index contributed by atoms with van der Waals surface area (Å²) in [6.45, 7) is 0.562. The first-order valence-corrected chi connectivity index (χ1v) is 7.52. The van der Waals surface area contributed by atoms with Crippen LogP contribution in [0.25, 0.3) is 0 Å². The summed E-state index contributed by atoms with van der Waals surface area (Å²) >= 11 is 5.10. The van der Waals surface area contributed by atoms with Gasteiger partial charge in [-0.15, -0.1) is 0 Å². The zero-order valence-electron chi connectivity index (χ0n) is 9.65. The fourth-order valence-electron chi connectivity index (χ4n) is 1.42. The second-order valence-electron chi connectivity index (χ2n) is 3.64. The Morgan fingerprint density at radius 2 is 2.24 bits per heavy atom. The number of hydrogen-bond donors (Lipinski definition) is 2. The second-order valence-corrected chi connectivity index (χ2v) is 5.48. The van der Waals surface area contributed by atoms with E-state index in [1.54, 1.807) is 11.8 Å². The third kappa shape index (κ3) is 5.10. The maximum atomic E-state index is 11.0. The molecule has 0 aliphatic rings. The molecule has 0 aliphatic heterocycles. The van der Waals surface area contributed by atoms with E-state index in [1.807, 2.05) is 30.5 Å². The molecule has 1 rings (SSSR count). The summed E-state index contributed by atoms with van der Waals surface area (Å²) in [7, 11) is 0. The van der Waals surface area contributed by atoms with Crippen molar-refractivity contribution in [3.8, 4) is 0 Å². The van der Waals surface area contributed by atoms with Crippen LogP contribution in [0, 0.1) is 0 Å². The number of nitrogens with one attached hydrogen (secondary N) is 1. The highest BCUT2D eigenvalue weighted by Crippen LogP contribution is 2.15. The number of benzene rings is 1. The van der Waals surface area contributed by atoms with Gasteiger partial charge in [0.25, 0.3) is 0 Å². The average Bonchev–Trinajstić information content (AvgIpc) is 2.31. The maximum Gasteiger partial charge on any atom is 0.320 e. The van der Waals surface area contributed by atoms with E-state index < -0.39 is 12.0 Å². The lowest BCUT2D eigenvalue weighted by atomic mass is 10.2. The van der Waals surface area contributed by atoms with Crippen molar-refractivity contribution in [3.63, 3.8) is 0 Å². The van der Waals surface area contributed by atoms with Gasteiger partial charge >= 0.3 is 5.97 Å². The second kappa shape index (κ2) is 7.74. The Hall–Kier alpha value is -0.520. The standard InChI is InChI=1S/C12H16BrNO2S/c1-17-7-6-11(12(15)16)14-8-9-4-2-3-5-10(9)13/h2-5,11,14H,6-8H2,1H3,(H,15,16)/t11-/m1/s1. The molecule has 1 atom stereocenters. The van der Waals surface area contributed by atoms with Crippen molar-refractivity contribution >= 4 is 33.7 Å². The van der Waals surface area contributed by atoms with Gasteiger partial charge in [0.1, 0.15) is 6.04 Å². The highest BCUT2D eigenvalue weighted by Gasteiger charge is 2.16. The van der Waals surface area contributed by atoms with Crippen LogP contribution in [0.1, 0.15) is 12.0 Å². The Labute approximate surface area is 114 Å². The summed E-state index contributed by atoms with van der Waals surface area (Å²) in [5.74, 6) is 0.0611. The molecule has 0 saturated carbocycles. The molecule has 3 nitrogen and oxygen atoms in total. The Morgan fingerprint density at radius 3 is 2.82 bits per heavy atom. The van der Waals surface area contributed by atoms with Gasteiger partial charge in [-0.25, -0.2) is 0 Å². The average molecular weight is 318 g/mol. The molecular formula is C12H16BrNO2S. The number of rotatable bonds is 7. The smallest absolute Gasteiger partial charge is 0.320 e. The predicted molar refractivity (Wildman–Crippen MR) is 75.4 cm³/mol. The zero-order chi connectivity index (χ0) is 12.7. The molecule has 17 heavy (non-hydrogen) atoms. The summed E-state index contributed by atoms with van der Waals surface area (Å²) < 4.78 is 1.00. The molecular weight excluding hydrogens is 302 g/mol. The van der Waals surface area contributed by atoms with Crippen LogP contribution in [-0.2, 0) is 11.3 Å². The lowest BCUT2D eigenvalue weighted by molar-refractivity contribution is -0.139. The van der Waals surface area contributed by atoms with Gasteiger partial charge in [-0.1, -0.05) is 34.1 Å². The maximum absolute atomic E-state index is 11.0. The van der Waals surface area contributed by atoms with Gasteiger partial charge in [0.15, 0.2) is 0 Å². The number of halogens is 1. The van der Waals surface area contributed by atoms with Crippen LogP contribution in [0.4, 0.5) is 0 Å². The minimum absolute atomic E-state index is 0.477. The van der Waals surface area contributed by atoms with Gasteiger partial charge in [-0.2, -0.15) is 11.8 Å². The molecule has 0 aromatic heterocycles. The Kier molecular flexibility index (Phi) is 6.62. The molecule has 0 unspecified atom stereocenters. The lowest BCUT2D eigenvalue weighted by Gasteiger charge is -2.14. The van der Waals surface area contributed by atoms with E-state index in [0.29, 0.717) is 13.0 Å². The molecule has 1 aromatic rings. The first-order valence-electron chi connectivity index (χ1n) is 5.33. The normalized spacial score (nSPS) is 12.4. The fraction of sp³-hybridized carbons (Fsp3) is 0.417. The van der Waals surface area contributed by atoms with E-state index in [2.05, 4.69) is 21.2 Å². The molecule has 0 aliphatic carbocycles. The van der Waals surface area contributed by atoms with Crippen LogP contribution >= 0.6 is 27.7 Å². The molecule has 1 aromatic carbocycles. The molecule has 0 spiro atoms. The number of carboxylic acids is 1. The van der Waals surface area contributed by atoms with Crippen LogP contribution in [0.3, 0.4) is 0 Å². The third-order valence-corrected chi connectivity index (χ3v) is 3.82. The first kappa shape index (κ1) is 14.5. The number of carboxylic acid groups (broad SMARTS) is 1. The van der Waals surface area contributed by atoms with Gasteiger partial charge < -0.3 is 10.4 Å². The van der Waals surface area contributed by atoms with Crippen molar-refractivity contribution in [2.75, 3.05) is 12.0 Å². The highest BCUT2D eigenvalue weighted by molar-refractivity contribution is 9.10. The monoisotopic (exact) mass is 317 g/mol. The van der Waals surface area contributed by atoms with Gasteiger partial charge in [0.2, 0.25) is 0 Å². The molecule has 2 N–H and O–H groups in total. The van der Waals surface area contributed by atoms with E-state index >= 15 is 0 Å². The van der Waals surface area contributed by atoms with E-state index in [4.69, 9.17) is 5.11 Å². The van der Waals surface area contributed by atoms with Gasteiger partial charge in [-0.3, -0.25) is 4.79 Å². The fourth-order valence-corrected chi connectivity index (χ4v) is 2.32.